The van der Waals surface area contributed by atoms with Crippen LogP contribution in [0.2, 0.25) is 0 Å². The molecule has 0 amide bonds. The van der Waals surface area contributed by atoms with E-state index in [1.54, 1.807) is 0 Å². The van der Waals surface area contributed by atoms with Crippen LogP contribution >= 0.6 is 0 Å². The van der Waals surface area contributed by atoms with E-state index < -0.39 is 0 Å². The second-order valence-electron chi connectivity index (χ2n) is 4.74. The van der Waals surface area contributed by atoms with Gasteiger partial charge in [-0.1, -0.05) is 36.4 Å². The smallest absolute Gasteiger partial charge is 0.0961 e. The van der Waals surface area contributed by atoms with Gasteiger partial charge in [0, 0.05) is 6.54 Å². The molecule has 0 aliphatic heterocycles. The number of imidazole rings is 1. The minimum Gasteiger partial charge on any atom is -0.326 e. The van der Waals surface area contributed by atoms with Crippen LogP contribution in [0.15, 0.2) is 48.8 Å². The summed E-state index contributed by atoms with van der Waals surface area (Å²) in [7, 11) is 0. The molecule has 18 heavy (non-hydrogen) atoms. The van der Waals surface area contributed by atoms with Crippen LogP contribution in [0.25, 0.3) is 11.0 Å². The molecule has 2 nitrogen and oxygen atoms in total. The summed E-state index contributed by atoms with van der Waals surface area (Å²) in [5, 5.41) is 0. The summed E-state index contributed by atoms with van der Waals surface area (Å²) in [4.78, 5) is 4.51. The monoisotopic (exact) mass is 236 g/mol. The van der Waals surface area contributed by atoms with E-state index in [4.69, 9.17) is 0 Å². The first kappa shape index (κ1) is 11.0. The van der Waals surface area contributed by atoms with Crippen LogP contribution in [0.1, 0.15) is 16.7 Å². The zero-order valence-corrected chi connectivity index (χ0v) is 10.7. The number of hydrogen-bond acceptors (Lipinski definition) is 1. The van der Waals surface area contributed by atoms with Gasteiger partial charge < -0.3 is 4.57 Å². The van der Waals surface area contributed by atoms with E-state index in [-0.39, 0.29) is 0 Å². The molecular formula is C16H16N2. The molecule has 0 aliphatic carbocycles. The average molecular weight is 236 g/mol. The molecule has 3 rings (SSSR count). The SMILES string of the molecule is Cc1ccccc1Cn1cnc2c(C)cccc21. The molecule has 2 aromatic carbocycles. The molecule has 0 aliphatic rings. The molecule has 0 saturated heterocycles. The van der Waals surface area contributed by atoms with Crippen LogP contribution in [0.3, 0.4) is 0 Å². The molecule has 0 bridgehead atoms. The Morgan fingerprint density at radius 2 is 1.72 bits per heavy atom. The van der Waals surface area contributed by atoms with Crippen molar-refractivity contribution in [1.82, 2.24) is 9.55 Å². The number of aryl methyl sites for hydroxylation is 2. The maximum Gasteiger partial charge on any atom is 0.0961 e. The van der Waals surface area contributed by atoms with Crippen LogP contribution < -0.4 is 0 Å². The van der Waals surface area contributed by atoms with Gasteiger partial charge in [-0.25, -0.2) is 4.98 Å². The molecule has 0 atom stereocenters. The number of hydrogen-bond donors (Lipinski definition) is 0. The number of benzene rings is 2. The Kier molecular flexibility index (Phi) is 2.63. The van der Waals surface area contributed by atoms with E-state index in [0.29, 0.717) is 0 Å². The van der Waals surface area contributed by atoms with Gasteiger partial charge in [0.2, 0.25) is 0 Å². The maximum absolute atomic E-state index is 4.51. The van der Waals surface area contributed by atoms with Crippen molar-refractivity contribution in [1.29, 1.82) is 0 Å². The fraction of sp³-hybridized carbons (Fsp3) is 0.188. The van der Waals surface area contributed by atoms with Crippen molar-refractivity contribution < 1.29 is 0 Å². The number of para-hydroxylation sites is 1. The van der Waals surface area contributed by atoms with Gasteiger partial charge in [0.05, 0.1) is 17.4 Å². The topological polar surface area (TPSA) is 17.8 Å². The second kappa shape index (κ2) is 4.30. The Bertz CT molecular complexity index is 695. The van der Waals surface area contributed by atoms with Gasteiger partial charge in [0.25, 0.3) is 0 Å². The van der Waals surface area contributed by atoms with Crippen molar-refractivity contribution >= 4 is 11.0 Å². The van der Waals surface area contributed by atoms with E-state index in [0.717, 1.165) is 12.1 Å². The minimum atomic E-state index is 0.882. The van der Waals surface area contributed by atoms with Crippen LogP contribution in [0.5, 0.6) is 0 Å². The Morgan fingerprint density at radius 3 is 2.56 bits per heavy atom. The Morgan fingerprint density at radius 1 is 0.944 bits per heavy atom. The Labute approximate surface area is 107 Å². The third-order valence-electron chi connectivity index (χ3n) is 3.45. The predicted molar refractivity (Wildman–Crippen MR) is 74.8 cm³/mol. The quantitative estimate of drug-likeness (QED) is 0.663. The van der Waals surface area contributed by atoms with E-state index in [1.807, 2.05) is 6.33 Å². The summed E-state index contributed by atoms with van der Waals surface area (Å²) in [6, 6.07) is 14.8. The molecule has 0 N–H and O–H groups in total. The van der Waals surface area contributed by atoms with Crippen LogP contribution in [-0.4, -0.2) is 9.55 Å². The molecule has 0 radical (unpaired) electrons. The number of rotatable bonds is 2. The lowest BCUT2D eigenvalue weighted by atomic mass is 10.1. The average Bonchev–Trinajstić information content (AvgIpc) is 2.77. The number of aromatic nitrogens is 2. The summed E-state index contributed by atoms with van der Waals surface area (Å²) in [6.07, 6.45) is 1.93. The lowest BCUT2D eigenvalue weighted by Crippen LogP contribution is -1.99. The van der Waals surface area contributed by atoms with Crippen LogP contribution in [0, 0.1) is 13.8 Å². The van der Waals surface area contributed by atoms with E-state index in [1.165, 1.54) is 22.2 Å². The third kappa shape index (κ3) is 1.80. The standard InChI is InChI=1S/C16H16N2/c1-12-6-3-4-8-14(12)10-18-11-17-16-13(2)7-5-9-15(16)18/h3-9,11H,10H2,1-2H3. The number of fused-ring (bicyclic) bond motifs is 1. The normalized spacial score (nSPS) is 11.0. The highest BCUT2D eigenvalue weighted by atomic mass is 15.0. The van der Waals surface area contributed by atoms with Gasteiger partial charge in [-0.3, -0.25) is 0 Å². The largest absolute Gasteiger partial charge is 0.326 e. The highest BCUT2D eigenvalue weighted by Crippen LogP contribution is 2.18. The molecule has 0 fully saturated rings. The predicted octanol–water partition coefficient (Wildman–Crippen LogP) is 3.70. The zero-order valence-electron chi connectivity index (χ0n) is 10.7. The van der Waals surface area contributed by atoms with E-state index in [2.05, 4.69) is 65.9 Å². The molecule has 0 unspecified atom stereocenters. The van der Waals surface area contributed by atoms with Crippen molar-refractivity contribution in [2.24, 2.45) is 0 Å². The summed E-state index contributed by atoms with van der Waals surface area (Å²) in [5.41, 5.74) is 6.21. The second-order valence-corrected chi connectivity index (χ2v) is 4.74. The van der Waals surface area contributed by atoms with Gasteiger partial charge in [-0.2, -0.15) is 0 Å². The van der Waals surface area contributed by atoms with Gasteiger partial charge in [-0.15, -0.1) is 0 Å². The summed E-state index contributed by atoms with van der Waals surface area (Å²) in [6.45, 7) is 5.14. The summed E-state index contributed by atoms with van der Waals surface area (Å²) >= 11 is 0. The first-order chi connectivity index (χ1) is 8.75. The minimum absolute atomic E-state index is 0.882. The van der Waals surface area contributed by atoms with Crippen LogP contribution in [0.4, 0.5) is 0 Å². The highest BCUT2D eigenvalue weighted by molar-refractivity contribution is 5.78. The van der Waals surface area contributed by atoms with Gasteiger partial charge in [-0.05, 0) is 36.6 Å². The van der Waals surface area contributed by atoms with Gasteiger partial charge in [0.15, 0.2) is 0 Å². The van der Waals surface area contributed by atoms with Crippen molar-refractivity contribution in [2.45, 2.75) is 20.4 Å². The van der Waals surface area contributed by atoms with Crippen molar-refractivity contribution in [2.75, 3.05) is 0 Å². The van der Waals surface area contributed by atoms with Crippen molar-refractivity contribution in [3.05, 3.63) is 65.5 Å². The lowest BCUT2D eigenvalue weighted by molar-refractivity contribution is 0.818. The molecular weight excluding hydrogens is 220 g/mol. The first-order valence-electron chi connectivity index (χ1n) is 6.20. The summed E-state index contributed by atoms with van der Waals surface area (Å²) in [5.74, 6) is 0. The van der Waals surface area contributed by atoms with Crippen molar-refractivity contribution in [3.63, 3.8) is 0 Å². The molecule has 3 aromatic rings. The first-order valence-corrected chi connectivity index (χ1v) is 6.20. The fourth-order valence-corrected chi connectivity index (χ4v) is 2.33. The molecule has 0 spiro atoms. The van der Waals surface area contributed by atoms with Gasteiger partial charge >= 0.3 is 0 Å². The van der Waals surface area contributed by atoms with Gasteiger partial charge in [0.1, 0.15) is 0 Å². The molecule has 1 heterocycles. The Balaban J connectivity index is 2.06. The highest BCUT2D eigenvalue weighted by Gasteiger charge is 2.05. The fourth-order valence-electron chi connectivity index (χ4n) is 2.33. The molecule has 90 valence electrons. The zero-order chi connectivity index (χ0) is 12.5. The molecule has 0 saturated carbocycles. The number of nitrogens with zero attached hydrogens (tertiary/aromatic N) is 2. The maximum atomic E-state index is 4.51. The molecule has 1 aromatic heterocycles. The molecule has 2 heteroatoms. The van der Waals surface area contributed by atoms with Crippen LogP contribution in [-0.2, 0) is 6.54 Å². The Hall–Kier alpha value is -2.09. The van der Waals surface area contributed by atoms with E-state index >= 15 is 0 Å². The summed E-state index contributed by atoms with van der Waals surface area (Å²) < 4.78 is 2.21. The van der Waals surface area contributed by atoms with E-state index in [9.17, 15) is 0 Å². The van der Waals surface area contributed by atoms with Crippen molar-refractivity contribution in [3.8, 4) is 0 Å². The third-order valence-corrected chi connectivity index (χ3v) is 3.45. The lowest BCUT2D eigenvalue weighted by Gasteiger charge is -2.07.